The maximum atomic E-state index is 12.0. The van der Waals surface area contributed by atoms with Crippen LogP contribution in [-0.2, 0) is 4.79 Å². The molecule has 2 aromatic rings. The number of amides is 1. The fourth-order valence-electron chi connectivity index (χ4n) is 2.34. The van der Waals surface area contributed by atoms with Crippen LogP contribution in [0.2, 0.25) is 0 Å². The normalized spacial score (nSPS) is 14.6. The van der Waals surface area contributed by atoms with Gasteiger partial charge in [0, 0.05) is 21.7 Å². The number of benzene rings is 2. The van der Waals surface area contributed by atoms with Crippen molar-refractivity contribution < 1.29 is 9.53 Å². The van der Waals surface area contributed by atoms with Gasteiger partial charge in [-0.3, -0.25) is 4.79 Å². The summed E-state index contributed by atoms with van der Waals surface area (Å²) in [7, 11) is 0. The fourth-order valence-corrected chi connectivity index (χ4v) is 5.45. The highest BCUT2D eigenvalue weighted by Gasteiger charge is 2.18. The summed E-state index contributed by atoms with van der Waals surface area (Å²) in [6, 6.07) is 13.7. The van der Waals surface area contributed by atoms with Crippen molar-refractivity contribution in [2.45, 2.75) is 11.5 Å². The Morgan fingerprint density at radius 3 is 2.58 bits per heavy atom. The summed E-state index contributed by atoms with van der Waals surface area (Å²) in [6.45, 7) is 1.99. The van der Waals surface area contributed by atoms with E-state index in [1.807, 2.05) is 60.8 Å². The van der Waals surface area contributed by atoms with Gasteiger partial charge in [-0.15, -0.1) is 23.5 Å². The van der Waals surface area contributed by atoms with Crippen LogP contribution in [0.1, 0.15) is 15.7 Å². The smallest absolute Gasteiger partial charge is 0.262 e. The minimum absolute atomic E-state index is 0.00138. The molecule has 1 heterocycles. The highest BCUT2D eigenvalue weighted by atomic mass is 79.9. The summed E-state index contributed by atoms with van der Waals surface area (Å²) < 4.78 is 7.13. The SMILES string of the molecule is Cc1cc(NC(=O)COc2ccc(C3SCCS3)cc2)ccc1Br. The zero-order valence-corrected chi connectivity index (χ0v) is 16.5. The van der Waals surface area contributed by atoms with E-state index in [-0.39, 0.29) is 12.5 Å². The van der Waals surface area contributed by atoms with Gasteiger partial charge in [0.05, 0.1) is 4.58 Å². The fraction of sp³-hybridized carbons (Fsp3) is 0.278. The number of carbonyl (C=O) groups is 1. The van der Waals surface area contributed by atoms with Crippen molar-refractivity contribution in [2.75, 3.05) is 23.4 Å². The molecular formula is C18H18BrNO2S2. The highest BCUT2D eigenvalue weighted by Crippen LogP contribution is 2.45. The van der Waals surface area contributed by atoms with E-state index in [9.17, 15) is 4.79 Å². The molecule has 6 heteroatoms. The lowest BCUT2D eigenvalue weighted by Gasteiger charge is -2.11. The van der Waals surface area contributed by atoms with Crippen LogP contribution in [0.5, 0.6) is 5.75 Å². The molecule has 1 aliphatic heterocycles. The molecule has 0 unspecified atom stereocenters. The molecule has 3 rings (SSSR count). The van der Waals surface area contributed by atoms with E-state index in [0.717, 1.165) is 15.7 Å². The Kier molecular flexibility index (Phi) is 6.14. The summed E-state index contributed by atoms with van der Waals surface area (Å²) in [5.74, 6) is 2.98. The van der Waals surface area contributed by atoms with Crippen molar-refractivity contribution in [3.05, 3.63) is 58.1 Å². The van der Waals surface area contributed by atoms with E-state index < -0.39 is 0 Å². The average Bonchev–Trinajstić information content (AvgIpc) is 3.11. The van der Waals surface area contributed by atoms with Crippen LogP contribution in [0.4, 0.5) is 5.69 Å². The molecule has 3 nitrogen and oxygen atoms in total. The first-order valence-corrected chi connectivity index (χ1v) is 10.5. The molecule has 1 saturated heterocycles. The highest BCUT2D eigenvalue weighted by molar-refractivity contribution is 9.10. The lowest BCUT2D eigenvalue weighted by molar-refractivity contribution is -0.118. The van der Waals surface area contributed by atoms with Crippen molar-refractivity contribution in [2.24, 2.45) is 0 Å². The Hall–Kier alpha value is -1.11. The molecule has 0 saturated carbocycles. The van der Waals surface area contributed by atoms with Gasteiger partial charge in [0.1, 0.15) is 5.75 Å². The Morgan fingerprint density at radius 2 is 1.92 bits per heavy atom. The molecule has 0 atom stereocenters. The third-order valence-corrected chi connectivity index (χ3v) is 7.58. The van der Waals surface area contributed by atoms with Crippen molar-refractivity contribution in [3.8, 4) is 5.75 Å². The molecule has 1 fully saturated rings. The minimum atomic E-state index is -0.164. The van der Waals surface area contributed by atoms with Gasteiger partial charge in [0.2, 0.25) is 0 Å². The van der Waals surface area contributed by atoms with Gasteiger partial charge in [0.25, 0.3) is 5.91 Å². The van der Waals surface area contributed by atoms with E-state index in [0.29, 0.717) is 10.3 Å². The Morgan fingerprint density at radius 1 is 1.21 bits per heavy atom. The maximum absolute atomic E-state index is 12.0. The van der Waals surface area contributed by atoms with Crippen molar-refractivity contribution in [3.63, 3.8) is 0 Å². The maximum Gasteiger partial charge on any atom is 0.262 e. The lowest BCUT2D eigenvalue weighted by Crippen LogP contribution is -2.20. The van der Waals surface area contributed by atoms with Crippen LogP contribution in [0.25, 0.3) is 0 Å². The number of hydrogen-bond donors (Lipinski definition) is 1. The van der Waals surface area contributed by atoms with Crippen LogP contribution < -0.4 is 10.1 Å². The Bertz CT molecular complexity index is 715. The molecule has 0 radical (unpaired) electrons. The number of thioether (sulfide) groups is 2. The second-order valence-corrected chi connectivity index (χ2v) is 9.02. The lowest BCUT2D eigenvalue weighted by atomic mass is 10.2. The third-order valence-electron chi connectivity index (χ3n) is 3.59. The van der Waals surface area contributed by atoms with Crippen molar-refractivity contribution >= 4 is 51.0 Å². The van der Waals surface area contributed by atoms with E-state index in [1.165, 1.54) is 17.1 Å². The summed E-state index contributed by atoms with van der Waals surface area (Å²) >= 11 is 7.40. The van der Waals surface area contributed by atoms with E-state index in [4.69, 9.17) is 4.74 Å². The number of hydrogen-bond acceptors (Lipinski definition) is 4. The molecular weight excluding hydrogens is 406 g/mol. The predicted molar refractivity (Wildman–Crippen MR) is 107 cm³/mol. The monoisotopic (exact) mass is 423 g/mol. The van der Waals surface area contributed by atoms with Crippen molar-refractivity contribution in [1.82, 2.24) is 0 Å². The number of rotatable bonds is 5. The number of aryl methyl sites for hydroxylation is 1. The second-order valence-electron chi connectivity index (χ2n) is 5.44. The topological polar surface area (TPSA) is 38.3 Å². The summed E-state index contributed by atoms with van der Waals surface area (Å²) in [4.78, 5) is 12.0. The van der Waals surface area contributed by atoms with Gasteiger partial charge in [-0.25, -0.2) is 0 Å². The Labute approximate surface area is 159 Å². The van der Waals surface area contributed by atoms with Crippen molar-refractivity contribution in [1.29, 1.82) is 0 Å². The zero-order valence-electron chi connectivity index (χ0n) is 13.3. The van der Waals surface area contributed by atoms with Crippen LogP contribution in [0.15, 0.2) is 46.9 Å². The molecule has 0 bridgehead atoms. The minimum Gasteiger partial charge on any atom is -0.484 e. The average molecular weight is 424 g/mol. The Balaban J connectivity index is 1.51. The van der Waals surface area contributed by atoms with E-state index in [1.54, 1.807) is 0 Å². The van der Waals surface area contributed by atoms with Gasteiger partial charge in [-0.1, -0.05) is 28.1 Å². The molecule has 0 spiro atoms. The van der Waals surface area contributed by atoms with Crippen LogP contribution in [0.3, 0.4) is 0 Å². The first-order chi connectivity index (χ1) is 11.6. The molecule has 24 heavy (non-hydrogen) atoms. The quantitative estimate of drug-likeness (QED) is 0.711. The number of nitrogens with one attached hydrogen (secondary N) is 1. The van der Waals surface area contributed by atoms with Gasteiger partial charge >= 0.3 is 0 Å². The van der Waals surface area contributed by atoms with Gasteiger partial charge in [-0.05, 0) is 48.4 Å². The summed E-state index contributed by atoms with van der Waals surface area (Å²) in [5, 5.41) is 2.84. The predicted octanol–water partition coefficient (Wildman–Crippen LogP) is 5.25. The number of halogens is 1. The largest absolute Gasteiger partial charge is 0.484 e. The molecule has 1 amide bonds. The van der Waals surface area contributed by atoms with E-state index >= 15 is 0 Å². The van der Waals surface area contributed by atoms with Gasteiger partial charge in [-0.2, -0.15) is 0 Å². The van der Waals surface area contributed by atoms with Crippen LogP contribution in [-0.4, -0.2) is 24.0 Å². The zero-order chi connectivity index (χ0) is 16.9. The number of carbonyl (C=O) groups excluding carboxylic acids is 1. The first-order valence-electron chi connectivity index (χ1n) is 7.64. The third kappa shape index (κ3) is 4.71. The van der Waals surface area contributed by atoms with Crippen LogP contribution in [0, 0.1) is 6.92 Å². The molecule has 126 valence electrons. The summed E-state index contributed by atoms with van der Waals surface area (Å²) in [6.07, 6.45) is 0. The summed E-state index contributed by atoms with van der Waals surface area (Å²) in [5.41, 5.74) is 3.16. The first kappa shape index (κ1) is 17.7. The molecule has 0 aliphatic carbocycles. The van der Waals surface area contributed by atoms with Crippen LogP contribution >= 0.6 is 39.5 Å². The molecule has 2 aromatic carbocycles. The molecule has 0 aromatic heterocycles. The molecule has 1 aliphatic rings. The number of ether oxygens (including phenoxy) is 1. The van der Waals surface area contributed by atoms with E-state index in [2.05, 4.69) is 33.4 Å². The number of anilines is 1. The molecule has 1 N–H and O–H groups in total. The second kappa shape index (κ2) is 8.32. The standard InChI is InChI=1S/C18H18BrNO2S2/c1-12-10-14(4-7-16(12)19)20-17(21)11-22-15-5-2-13(3-6-15)18-23-8-9-24-18/h2-7,10,18H,8-9,11H2,1H3,(H,20,21). The van der Waals surface area contributed by atoms with Gasteiger partial charge in [0.15, 0.2) is 6.61 Å². The van der Waals surface area contributed by atoms with Gasteiger partial charge < -0.3 is 10.1 Å².